The highest BCUT2D eigenvalue weighted by atomic mass is 35.5. The molecule has 0 radical (unpaired) electrons. The Hall–Kier alpha value is -0.960. The zero-order valence-electron chi connectivity index (χ0n) is 9.31. The Labute approximate surface area is 119 Å². The van der Waals surface area contributed by atoms with E-state index in [0.29, 0.717) is 21.2 Å². The van der Waals surface area contributed by atoms with Crippen LogP contribution in [0.3, 0.4) is 0 Å². The zero-order valence-corrected chi connectivity index (χ0v) is 11.6. The Balaban J connectivity index is 2.77. The number of halogens is 4. The Kier molecular flexibility index (Phi) is 4.00. The van der Waals surface area contributed by atoms with Gasteiger partial charge in [-0.25, -0.2) is 4.39 Å². The van der Waals surface area contributed by atoms with Gasteiger partial charge < -0.3 is 4.74 Å². The van der Waals surface area contributed by atoms with Crippen LogP contribution in [0.5, 0.6) is 5.75 Å². The van der Waals surface area contributed by atoms with E-state index in [9.17, 15) is 4.39 Å². The summed E-state index contributed by atoms with van der Waals surface area (Å²) in [5, 5.41) is 1.00. The molecule has 0 aliphatic rings. The first kappa shape index (κ1) is 13.5. The lowest BCUT2D eigenvalue weighted by Gasteiger charge is -2.13. The number of para-hydroxylation sites is 1. The molecule has 0 fully saturated rings. The lowest BCUT2D eigenvalue weighted by atomic mass is 10.0. The SMILES string of the molecule is COc1c(F)cccc1-c1c(Cl)ccc(Cl)c1Cl. The topological polar surface area (TPSA) is 9.23 Å². The van der Waals surface area contributed by atoms with Crippen molar-refractivity contribution in [2.75, 3.05) is 7.11 Å². The average molecular weight is 306 g/mol. The molecule has 0 atom stereocenters. The molecule has 94 valence electrons. The second-order valence-electron chi connectivity index (χ2n) is 3.54. The van der Waals surface area contributed by atoms with E-state index in [1.165, 1.54) is 13.2 Å². The number of hydrogen-bond donors (Lipinski definition) is 0. The minimum atomic E-state index is -0.484. The third-order valence-electron chi connectivity index (χ3n) is 2.48. The van der Waals surface area contributed by atoms with Crippen molar-refractivity contribution in [1.29, 1.82) is 0 Å². The zero-order chi connectivity index (χ0) is 13.3. The van der Waals surface area contributed by atoms with Crippen molar-refractivity contribution in [2.45, 2.75) is 0 Å². The molecule has 5 heteroatoms. The monoisotopic (exact) mass is 304 g/mol. The van der Waals surface area contributed by atoms with Crippen LogP contribution in [-0.4, -0.2) is 7.11 Å². The molecule has 18 heavy (non-hydrogen) atoms. The van der Waals surface area contributed by atoms with Gasteiger partial charge in [0.15, 0.2) is 11.6 Å². The first-order valence-corrected chi connectivity index (χ1v) is 6.16. The van der Waals surface area contributed by atoms with E-state index < -0.39 is 5.82 Å². The van der Waals surface area contributed by atoms with Crippen LogP contribution in [0.15, 0.2) is 30.3 Å². The van der Waals surface area contributed by atoms with Crippen molar-refractivity contribution in [3.8, 4) is 16.9 Å². The largest absolute Gasteiger partial charge is 0.493 e. The molecule has 0 unspecified atom stereocenters. The maximum Gasteiger partial charge on any atom is 0.165 e. The van der Waals surface area contributed by atoms with E-state index in [1.54, 1.807) is 24.3 Å². The van der Waals surface area contributed by atoms with Crippen molar-refractivity contribution in [1.82, 2.24) is 0 Å². The summed E-state index contributed by atoms with van der Waals surface area (Å²) in [6.45, 7) is 0. The van der Waals surface area contributed by atoms with Crippen molar-refractivity contribution in [3.05, 3.63) is 51.2 Å². The van der Waals surface area contributed by atoms with Crippen molar-refractivity contribution >= 4 is 34.8 Å². The van der Waals surface area contributed by atoms with Crippen LogP contribution in [0.25, 0.3) is 11.1 Å². The standard InChI is InChI=1S/C13H8Cl3FO/c1-18-13-7(3-2-4-10(13)17)11-8(14)5-6-9(15)12(11)16/h2-6H,1H3. The molecule has 0 N–H and O–H groups in total. The normalized spacial score (nSPS) is 10.5. The van der Waals surface area contributed by atoms with Gasteiger partial charge in [-0.05, 0) is 18.2 Å². The smallest absolute Gasteiger partial charge is 0.165 e. The third kappa shape index (κ3) is 2.28. The number of benzene rings is 2. The number of rotatable bonds is 2. The maximum absolute atomic E-state index is 13.7. The van der Waals surface area contributed by atoms with E-state index >= 15 is 0 Å². The first-order chi connectivity index (χ1) is 8.56. The first-order valence-electron chi connectivity index (χ1n) is 5.02. The summed E-state index contributed by atoms with van der Waals surface area (Å²) < 4.78 is 18.7. The van der Waals surface area contributed by atoms with E-state index in [1.807, 2.05) is 0 Å². The van der Waals surface area contributed by atoms with Crippen LogP contribution < -0.4 is 4.74 Å². The van der Waals surface area contributed by atoms with Crippen molar-refractivity contribution in [3.63, 3.8) is 0 Å². The Morgan fingerprint density at radius 1 is 1.00 bits per heavy atom. The fourth-order valence-electron chi connectivity index (χ4n) is 1.69. The Morgan fingerprint density at radius 2 is 1.67 bits per heavy atom. The summed E-state index contributed by atoms with van der Waals surface area (Å²) >= 11 is 18.2. The highest BCUT2D eigenvalue weighted by Gasteiger charge is 2.17. The summed E-state index contributed by atoms with van der Waals surface area (Å²) in [4.78, 5) is 0. The Morgan fingerprint density at radius 3 is 2.33 bits per heavy atom. The quantitative estimate of drug-likeness (QED) is 0.669. The summed E-state index contributed by atoms with van der Waals surface area (Å²) in [5.41, 5.74) is 0.928. The van der Waals surface area contributed by atoms with Gasteiger partial charge in [-0.15, -0.1) is 0 Å². The van der Waals surface area contributed by atoms with Crippen LogP contribution in [-0.2, 0) is 0 Å². The van der Waals surface area contributed by atoms with E-state index in [2.05, 4.69) is 0 Å². The Bertz CT molecular complexity index is 599. The van der Waals surface area contributed by atoms with E-state index in [0.717, 1.165) is 0 Å². The van der Waals surface area contributed by atoms with Gasteiger partial charge in [0, 0.05) is 11.1 Å². The predicted octanol–water partition coefficient (Wildman–Crippen LogP) is 5.46. The lowest BCUT2D eigenvalue weighted by molar-refractivity contribution is 0.388. The predicted molar refractivity (Wildman–Crippen MR) is 73.4 cm³/mol. The van der Waals surface area contributed by atoms with Gasteiger partial charge in [-0.3, -0.25) is 0 Å². The summed E-state index contributed by atoms with van der Waals surface area (Å²) in [5.74, 6) is -0.398. The van der Waals surface area contributed by atoms with Crippen molar-refractivity contribution in [2.24, 2.45) is 0 Å². The molecule has 0 amide bonds. The minimum absolute atomic E-state index is 0.0866. The second-order valence-corrected chi connectivity index (χ2v) is 4.73. The highest BCUT2D eigenvalue weighted by molar-refractivity contribution is 6.46. The molecular formula is C13H8Cl3FO. The van der Waals surface area contributed by atoms with Crippen LogP contribution in [0.4, 0.5) is 4.39 Å². The number of hydrogen-bond acceptors (Lipinski definition) is 1. The molecule has 0 aliphatic heterocycles. The molecule has 2 rings (SSSR count). The fraction of sp³-hybridized carbons (Fsp3) is 0.0769. The number of methoxy groups -OCH3 is 1. The van der Waals surface area contributed by atoms with Gasteiger partial charge >= 0.3 is 0 Å². The molecule has 1 nitrogen and oxygen atoms in total. The van der Waals surface area contributed by atoms with Crippen LogP contribution in [0.2, 0.25) is 15.1 Å². The molecule has 0 aromatic heterocycles. The van der Waals surface area contributed by atoms with Gasteiger partial charge in [-0.2, -0.15) is 0 Å². The second kappa shape index (κ2) is 5.35. The van der Waals surface area contributed by atoms with Crippen LogP contribution >= 0.6 is 34.8 Å². The summed E-state index contributed by atoms with van der Waals surface area (Å²) in [6, 6.07) is 7.72. The highest BCUT2D eigenvalue weighted by Crippen LogP contribution is 2.43. The molecule has 0 heterocycles. The molecule has 0 bridgehead atoms. The molecule has 0 aliphatic carbocycles. The summed E-state index contributed by atoms with van der Waals surface area (Å²) in [7, 11) is 1.38. The number of ether oxygens (including phenoxy) is 1. The van der Waals surface area contributed by atoms with E-state index in [4.69, 9.17) is 39.5 Å². The van der Waals surface area contributed by atoms with Crippen molar-refractivity contribution < 1.29 is 9.13 Å². The van der Waals surface area contributed by atoms with Crippen LogP contribution in [0, 0.1) is 5.82 Å². The van der Waals surface area contributed by atoms with Gasteiger partial charge in [0.2, 0.25) is 0 Å². The third-order valence-corrected chi connectivity index (χ3v) is 3.60. The molecule has 0 spiro atoms. The lowest BCUT2D eigenvalue weighted by Crippen LogP contribution is -1.93. The summed E-state index contributed by atoms with van der Waals surface area (Å²) in [6.07, 6.45) is 0. The van der Waals surface area contributed by atoms with E-state index in [-0.39, 0.29) is 10.8 Å². The van der Waals surface area contributed by atoms with Gasteiger partial charge in [0.25, 0.3) is 0 Å². The maximum atomic E-state index is 13.7. The molecule has 2 aromatic carbocycles. The minimum Gasteiger partial charge on any atom is -0.493 e. The van der Waals surface area contributed by atoms with Gasteiger partial charge in [0.1, 0.15) is 0 Å². The fourth-order valence-corrected chi connectivity index (χ4v) is 2.42. The molecular weight excluding hydrogens is 297 g/mol. The molecule has 2 aromatic rings. The average Bonchev–Trinajstić information content (AvgIpc) is 2.35. The van der Waals surface area contributed by atoms with Gasteiger partial charge in [0.05, 0.1) is 22.2 Å². The molecule has 0 saturated carbocycles. The van der Waals surface area contributed by atoms with Gasteiger partial charge in [-0.1, -0.05) is 46.9 Å². The molecule has 0 saturated heterocycles. The van der Waals surface area contributed by atoms with Crippen LogP contribution in [0.1, 0.15) is 0 Å².